The summed E-state index contributed by atoms with van der Waals surface area (Å²) in [5.41, 5.74) is 0. The first-order valence-electron chi connectivity index (χ1n) is 31.7. The van der Waals surface area contributed by atoms with Crippen molar-refractivity contribution < 1.29 is 24.5 Å². The molecule has 418 valence electrons. The molecule has 2 atom stereocenters. The van der Waals surface area contributed by atoms with Gasteiger partial charge in [-0.25, -0.2) is 0 Å². The van der Waals surface area contributed by atoms with Crippen LogP contribution in [0.1, 0.15) is 341 Å². The van der Waals surface area contributed by atoms with E-state index in [0.717, 1.165) is 70.6 Å². The number of aliphatic hydroxyl groups is 2. The molecule has 0 aliphatic rings. The van der Waals surface area contributed by atoms with E-state index < -0.39 is 12.1 Å². The molecule has 2 unspecified atom stereocenters. The summed E-state index contributed by atoms with van der Waals surface area (Å²) in [5, 5.41) is 23.3. The smallest absolute Gasteiger partial charge is 0.305 e. The highest BCUT2D eigenvalue weighted by molar-refractivity contribution is 5.76. The summed E-state index contributed by atoms with van der Waals surface area (Å²) in [6, 6.07) is -0.555. The summed E-state index contributed by atoms with van der Waals surface area (Å²) in [6.45, 7) is 4.92. The van der Waals surface area contributed by atoms with E-state index >= 15 is 0 Å². The third-order valence-corrected chi connectivity index (χ3v) is 14.7. The highest BCUT2D eigenvalue weighted by Gasteiger charge is 2.20. The fourth-order valence-corrected chi connectivity index (χ4v) is 9.78. The topological polar surface area (TPSA) is 95.9 Å². The fourth-order valence-electron chi connectivity index (χ4n) is 9.78. The molecule has 0 saturated heterocycles. The van der Waals surface area contributed by atoms with Crippen LogP contribution in [0.5, 0.6) is 0 Å². The van der Waals surface area contributed by atoms with E-state index in [1.807, 2.05) is 0 Å². The third-order valence-electron chi connectivity index (χ3n) is 14.7. The van der Waals surface area contributed by atoms with Crippen molar-refractivity contribution in [3.63, 3.8) is 0 Å². The summed E-state index contributed by atoms with van der Waals surface area (Å²) in [4.78, 5) is 24.6. The van der Waals surface area contributed by atoms with Crippen LogP contribution in [-0.2, 0) is 14.3 Å². The van der Waals surface area contributed by atoms with Crippen LogP contribution in [-0.4, -0.2) is 47.4 Å². The molecule has 0 bridgehead atoms. The first-order chi connectivity index (χ1) is 35.0. The van der Waals surface area contributed by atoms with E-state index in [1.54, 1.807) is 0 Å². The molecule has 0 heterocycles. The van der Waals surface area contributed by atoms with Gasteiger partial charge in [0.1, 0.15) is 0 Å². The number of hydrogen-bond donors (Lipinski definition) is 3. The van der Waals surface area contributed by atoms with Crippen molar-refractivity contribution in [1.29, 1.82) is 0 Å². The Balaban J connectivity index is 3.45. The summed E-state index contributed by atoms with van der Waals surface area (Å²) in [5.74, 6) is -0.0559. The molecule has 0 fully saturated rings. The second-order valence-electron chi connectivity index (χ2n) is 21.7. The van der Waals surface area contributed by atoms with Crippen LogP contribution in [0.3, 0.4) is 0 Å². The highest BCUT2D eigenvalue weighted by Crippen LogP contribution is 2.17. The maximum atomic E-state index is 12.5. The normalized spacial score (nSPS) is 12.8. The lowest BCUT2D eigenvalue weighted by atomic mass is 10.0. The number of carbonyl (C=O) groups excluding carboxylic acids is 2. The summed E-state index contributed by atoms with van der Waals surface area (Å²) in [6.07, 6.45) is 75.8. The standard InChI is InChI=1S/C65H123NO5/c1-3-5-7-9-11-13-15-17-19-21-23-25-29-33-37-41-45-49-53-57-63(68)62(61-67)66-64(69)58-54-50-46-42-38-34-30-27-28-32-36-40-44-48-52-56-60-71-65(70)59-55-51-47-43-39-35-31-26-24-22-20-18-16-14-12-10-8-6-4-2/h12,14,18,20,27,30,62-63,67-68H,3-11,13,15-17,19,21-26,28-29,31-61H2,1-2H3,(H,66,69)/b14-12-,20-18-,30-27-. The molecule has 0 aliphatic heterocycles. The van der Waals surface area contributed by atoms with Crippen molar-refractivity contribution in [3.8, 4) is 0 Å². The maximum Gasteiger partial charge on any atom is 0.305 e. The third kappa shape index (κ3) is 57.2. The van der Waals surface area contributed by atoms with E-state index in [-0.39, 0.29) is 18.5 Å². The Labute approximate surface area is 443 Å². The second-order valence-corrected chi connectivity index (χ2v) is 21.7. The van der Waals surface area contributed by atoms with Gasteiger partial charge in [0, 0.05) is 12.8 Å². The molecule has 6 nitrogen and oxygen atoms in total. The molecule has 0 saturated carbocycles. The van der Waals surface area contributed by atoms with E-state index in [0.29, 0.717) is 25.9 Å². The number of allylic oxidation sites excluding steroid dienone is 6. The van der Waals surface area contributed by atoms with Crippen molar-refractivity contribution in [2.24, 2.45) is 0 Å². The first-order valence-corrected chi connectivity index (χ1v) is 31.7. The minimum atomic E-state index is -0.676. The van der Waals surface area contributed by atoms with Crippen LogP contribution in [0.2, 0.25) is 0 Å². The van der Waals surface area contributed by atoms with Crippen LogP contribution in [0.4, 0.5) is 0 Å². The second kappa shape index (κ2) is 60.6. The largest absolute Gasteiger partial charge is 0.466 e. The van der Waals surface area contributed by atoms with E-state index in [2.05, 4.69) is 55.6 Å². The number of amides is 1. The minimum Gasteiger partial charge on any atom is -0.466 e. The zero-order valence-electron chi connectivity index (χ0n) is 47.7. The molecular weight excluding hydrogens is 875 g/mol. The van der Waals surface area contributed by atoms with Crippen LogP contribution < -0.4 is 5.32 Å². The van der Waals surface area contributed by atoms with Gasteiger partial charge in [-0.1, -0.05) is 281 Å². The van der Waals surface area contributed by atoms with Gasteiger partial charge < -0.3 is 20.3 Å². The van der Waals surface area contributed by atoms with Gasteiger partial charge in [0.15, 0.2) is 0 Å². The molecule has 0 aromatic rings. The number of esters is 1. The average Bonchev–Trinajstić information content (AvgIpc) is 3.37. The van der Waals surface area contributed by atoms with E-state index in [4.69, 9.17) is 4.74 Å². The van der Waals surface area contributed by atoms with Crippen LogP contribution in [0.25, 0.3) is 0 Å². The van der Waals surface area contributed by atoms with Gasteiger partial charge in [-0.3, -0.25) is 9.59 Å². The number of nitrogens with one attached hydrogen (secondary N) is 1. The molecule has 0 spiro atoms. The Morgan fingerprint density at radius 2 is 0.704 bits per heavy atom. The molecule has 6 heteroatoms. The van der Waals surface area contributed by atoms with Gasteiger partial charge >= 0.3 is 5.97 Å². The Morgan fingerprint density at radius 1 is 0.394 bits per heavy atom. The molecule has 0 aromatic carbocycles. The number of ether oxygens (including phenoxy) is 1. The van der Waals surface area contributed by atoms with Crippen molar-refractivity contribution in [2.75, 3.05) is 13.2 Å². The van der Waals surface area contributed by atoms with Crippen LogP contribution in [0, 0.1) is 0 Å². The summed E-state index contributed by atoms with van der Waals surface area (Å²) < 4.78 is 5.49. The fraction of sp³-hybridized carbons (Fsp3) is 0.877. The number of rotatable bonds is 59. The van der Waals surface area contributed by atoms with Crippen molar-refractivity contribution in [1.82, 2.24) is 5.32 Å². The monoisotopic (exact) mass is 998 g/mol. The quantitative estimate of drug-likeness (QED) is 0.0321. The molecule has 0 radical (unpaired) electrons. The Hall–Kier alpha value is -1.92. The van der Waals surface area contributed by atoms with Gasteiger partial charge in [0.25, 0.3) is 0 Å². The molecular formula is C65H123NO5. The summed E-state index contributed by atoms with van der Waals surface area (Å²) >= 11 is 0. The van der Waals surface area contributed by atoms with Crippen molar-refractivity contribution in [2.45, 2.75) is 353 Å². The summed E-state index contributed by atoms with van der Waals surface area (Å²) in [7, 11) is 0. The van der Waals surface area contributed by atoms with Crippen LogP contribution >= 0.6 is 0 Å². The van der Waals surface area contributed by atoms with Gasteiger partial charge in [0.05, 0.1) is 25.4 Å². The van der Waals surface area contributed by atoms with Gasteiger partial charge in [-0.15, -0.1) is 0 Å². The molecule has 0 aromatic heterocycles. The lowest BCUT2D eigenvalue weighted by molar-refractivity contribution is -0.143. The maximum absolute atomic E-state index is 12.5. The predicted molar refractivity (Wildman–Crippen MR) is 310 cm³/mol. The Morgan fingerprint density at radius 3 is 1.11 bits per heavy atom. The van der Waals surface area contributed by atoms with Gasteiger partial charge in [0.2, 0.25) is 5.91 Å². The first kappa shape index (κ1) is 69.1. The Kier molecular flexibility index (Phi) is 59.0. The lowest BCUT2D eigenvalue weighted by Crippen LogP contribution is -2.45. The Bertz CT molecular complexity index is 1150. The lowest BCUT2D eigenvalue weighted by Gasteiger charge is -2.22. The predicted octanol–water partition coefficient (Wildman–Crippen LogP) is 20.0. The van der Waals surface area contributed by atoms with Crippen molar-refractivity contribution in [3.05, 3.63) is 36.5 Å². The molecule has 0 aliphatic carbocycles. The average molecular weight is 999 g/mol. The van der Waals surface area contributed by atoms with E-state index in [1.165, 1.54) is 238 Å². The molecule has 1 amide bonds. The van der Waals surface area contributed by atoms with Crippen molar-refractivity contribution >= 4 is 11.9 Å². The minimum absolute atomic E-state index is 0.00610. The van der Waals surface area contributed by atoms with Gasteiger partial charge in [-0.05, 0) is 83.5 Å². The van der Waals surface area contributed by atoms with Crippen LogP contribution in [0.15, 0.2) is 36.5 Å². The number of aliphatic hydroxyl groups excluding tert-OH is 2. The number of hydrogen-bond acceptors (Lipinski definition) is 5. The molecule has 0 rings (SSSR count). The number of unbranched alkanes of at least 4 members (excludes halogenated alkanes) is 42. The molecule has 71 heavy (non-hydrogen) atoms. The zero-order valence-corrected chi connectivity index (χ0v) is 47.7. The van der Waals surface area contributed by atoms with E-state index in [9.17, 15) is 19.8 Å². The highest BCUT2D eigenvalue weighted by atomic mass is 16.5. The zero-order chi connectivity index (χ0) is 51.4. The SMILES string of the molecule is CCCCC/C=C\C/C=C\CCCCCCCCCCCC(=O)OCCCCCCCCC/C=C\CCCCCCCC(=O)NC(CO)C(O)CCCCCCCCCCCCCCCCCCCCC. The van der Waals surface area contributed by atoms with Gasteiger partial charge in [-0.2, -0.15) is 0 Å². The number of carbonyl (C=O) groups is 2. The molecule has 3 N–H and O–H groups in total.